The van der Waals surface area contributed by atoms with Crippen LogP contribution < -0.4 is 11.2 Å². The summed E-state index contributed by atoms with van der Waals surface area (Å²) in [5.74, 6) is -0.0584. The van der Waals surface area contributed by atoms with E-state index in [1.807, 2.05) is 0 Å². The third-order valence-corrected chi connectivity index (χ3v) is 20.8. The molecule has 1 aromatic heterocycles. The summed E-state index contributed by atoms with van der Waals surface area (Å²) in [6, 6.07) is 1.24. The summed E-state index contributed by atoms with van der Waals surface area (Å²) in [4.78, 5) is 28.9. The Labute approximate surface area is 255 Å². The van der Waals surface area contributed by atoms with Crippen LogP contribution in [0.3, 0.4) is 0 Å². The van der Waals surface area contributed by atoms with Crippen LogP contribution >= 0.6 is 12.2 Å². The lowest BCUT2D eigenvalue weighted by atomic mass is 10.1. The normalized spacial score (nSPS) is 29.0. The number of nitrogens with zero attached hydrogens (tertiary/aromatic N) is 2. The molecule has 3 aliphatic rings. The summed E-state index contributed by atoms with van der Waals surface area (Å²) in [5.41, 5.74) is -0.844. The first-order chi connectivity index (χ1) is 19.5. The van der Waals surface area contributed by atoms with Crippen molar-refractivity contribution in [2.24, 2.45) is 0 Å². The van der Waals surface area contributed by atoms with E-state index < -0.39 is 62.7 Å². The lowest BCUT2D eigenvalue weighted by Gasteiger charge is -2.51. The largest absolute Gasteiger partial charge is 0.460 e. The highest BCUT2D eigenvalue weighted by molar-refractivity contribution is 7.91. The van der Waals surface area contributed by atoms with E-state index in [4.69, 9.17) is 34.7 Å². The lowest BCUT2D eigenvalue weighted by molar-refractivity contribution is -0.0597. The number of hydrogen-bond donors (Lipinski definition) is 1. The van der Waals surface area contributed by atoms with E-state index in [0.29, 0.717) is 0 Å². The Morgan fingerprint density at radius 2 is 1.57 bits per heavy atom. The number of nitrogens with one attached hydrogen (secondary N) is 1. The molecule has 238 valence electrons. The molecule has 3 fully saturated rings. The SMILES string of the molecule is CC(C)[Si]1(C(C)C)OC[C@H]2O[C@@H](n3ccc(=O)[nH]c3=O)C(OC(=S)N3CCS(=O)(=O)CC3)[C@H]2O[Si](C(C)C)(C(C)C)O1. The van der Waals surface area contributed by atoms with Crippen LogP contribution in [0, 0.1) is 0 Å². The van der Waals surface area contributed by atoms with Crippen molar-refractivity contribution in [3.05, 3.63) is 33.1 Å². The molecule has 0 amide bonds. The quantitative estimate of drug-likeness (QED) is 0.355. The minimum Gasteiger partial charge on any atom is -0.460 e. The first-order valence-corrected chi connectivity index (χ1v) is 20.8. The number of thiocarbonyl (C=S) groups is 1. The Hall–Kier alpha value is -1.41. The molecule has 12 nitrogen and oxygen atoms in total. The first kappa shape index (κ1) is 33.5. The summed E-state index contributed by atoms with van der Waals surface area (Å²) >= 11 is 5.67. The molecule has 0 spiro atoms. The molecule has 4 atom stereocenters. The second-order valence-corrected chi connectivity index (χ2v) is 24.1. The van der Waals surface area contributed by atoms with Crippen LogP contribution in [0.5, 0.6) is 0 Å². The molecular weight excluding hydrogens is 619 g/mol. The van der Waals surface area contributed by atoms with Gasteiger partial charge in [0.15, 0.2) is 22.2 Å². The van der Waals surface area contributed by atoms with Crippen LogP contribution in [0.15, 0.2) is 21.9 Å². The van der Waals surface area contributed by atoms with Gasteiger partial charge in [0.05, 0.1) is 18.1 Å². The van der Waals surface area contributed by atoms with Crippen LogP contribution in [0.4, 0.5) is 0 Å². The zero-order valence-electron chi connectivity index (χ0n) is 25.7. The molecule has 0 aromatic carbocycles. The molecule has 3 aliphatic heterocycles. The molecule has 0 aliphatic carbocycles. The van der Waals surface area contributed by atoms with Gasteiger partial charge in [0.1, 0.15) is 12.2 Å². The summed E-state index contributed by atoms with van der Waals surface area (Å²) in [5, 5.41) is 0.101. The fourth-order valence-corrected chi connectivity index (χ4v) is 18.9. The van der Waals surface area contributed by atoms with Gasteiger partial charge in [-0.2, -0.15) is 0 Å². The molecule has 0 bridgehead atoms. The average molecular weight is 664 g/mol. The molecule has 0 saturated carbocycles. The standard InChI is InChI=1S/C26H45N3O9S2Si2/c1-16(2)41(17(3)4)34-15-20-22(37-42(38-41,18(5)6)19(7)8)23(24(35-20)29-10-9-21(30)27-25(29)31)36-26(39)28-11-13-40(32,33)14-12-28/h9-10,16-20,22-24H,11-15H2,1-8H3,(H,27,30,31)/t20-,22+,23?,24-/m1/s1. The number of ether oxygens (including phenoxy) is 2. The highest BCUT2D eigenvalue weighted by atomic mass is 32.2. The third kappa shape index (κ3) is 6.36. The Kier molecular flexibility index (Phi) is 9.99. The highest BCUT2D eigenvalue weighted by Gasteiger charge is 2.62. The van der Waals surface area contributed by atoms with Gasteiger partial charge in [0, 0.05) is 25.4 Å². The van der Waals surface area contributed by atoms with Crippen LogP contribution in [0.1, 0.15) is 61.6 Å². The van der Waals surface area contributed by atoms with Crippen molar-refractivity contribution in [1.82, 2.24) is 14.5 Å². The third-order valence-electron chi connectivity index (χ3n) is 8.58. The molecule has 0 radical (unpaired) electrons. The number of H-pyrrole nitrogens is 1. The van der Waals surface area contributed by atoms with Gasteiger partial charge in [0.2, 0.25) is 0 Å². The van der Waals surface area contributed by atoms with Gasteiger partial charge in [-0.3, -0.25) is 14.3 Å². The lowest BCUT2D eigenvalue weighted by Crippen LogP contribution is -2.66. The Morgan fingerprint density at radius 1 is 1.00 bits per heavy atom. The van der Waals surface area contributed by atoms with E-state index >= 15 is 0 Å². The van der Waals surface area contributed by atoms with Crippen molar-refractivity contribution in [2.45, 2.75) is 102 Å². The molecule has 3 saturated heterocycles. The second-order valence-electron chi connectivity index (χ2n) is 12.6. The maximum absolute atomic E-state index is 13.0. The van der Waals surface area contributed by atoms with Crippen LogP contribution in [0.2, 0.25) is 22.2 Å². The zero-order chi connectivity index (χ0) is 31.2. The van der Waals surface area contributed by atoms with Crippen LogP contribution in [-0.4, -0.2) is 94.7 Å². The van der Waals surface area contributed by atoms with Crippen molar-refractivity contribution < 1.29 is 30.9 Å². The maximum Gasteiger partial charge on any atom is 0.335 e. The monoisotopic (exact) mass is 663 g/mol. The summed E-state index contributed by atoms with van der Waals surface area (Å²) in [7, 11) is -9.06. The Balaban J connectivity index is 1.79. The van der Waals surface area contributed by atoms with Gasteiger partial charge < -0.3 is 27.3 Å². The van der Waals surface area contributed by atoms with E-state index in [0.717, 1.165) is 0 Å². The van der Waals surface area contributed by atoms with Gasteiger partial charge >= 0.3 is 22.8 Å². The highest BCUT2D eigenvalue weighted by Crippen LogP contribution is 2.48. The topological polar surface area (TPSA) is 138 Å². The molecule has 1 aromatic rings. The molecule has 42 heavy (non-hydrogen) atoms. The van der Waals surface area contributed by atoms with Crippen molar-refractivity contribution in [3.63, 3.8) is 0 Å². The van der Waals surface area contributed by atoms with Gasteiger partial charge in [-0.25, -0.2) is 13.2 Å². The molecule has 1 unspecified atom stereocenters. The predicted octanol–water partition coefficient (Wildman–Crippen LogP) is 2.79. The Bertz CT molecular complexity index is 1330. The van der Waals surface area contributed by atoms with Gasteiger partial charge in [-0.15, -0.1) is 0 Å². The van der Waals surface area contributed by atoms with E-state index in [2.05, 4.69) is 60.4 Å². The number of aromatic amines is 1. The average Bonchev–Trinajstić information content (AvgIpc) is 3.18. The predicted molar refractivity (Wildman–Crippen MR) is 167 cm³/mol. The zero-order valence-corrected chi connectivity index (χ0v) is 29.3. The molecule has 4 rings (SSSR count). The smallest absolute Gasteiger partial charge is 0.335 e. The fraction of sp³-hybridized carbons (Fsp3) is 0.808. The number of aromatic nitrogens is 2. The number of sulfone groups is 1. The van der Waals surface area contributed by atoms with Crippen molar-refractivity contribution >= 4 is 44.4 Å². The molecule has 16 heteroatoms. The van der Waals surface area contributed by atoms with Crippen LogP contribution in [-0.2, 0) is 32.3 Å². The number of hydrogen-bond acceptors (Lipinski definition) is 10. The van der Waals surface area contributed by atoms with E-state index in [1.165, 1.54) is 16.8 Å². The Morgan fingerprint density at radius 3 is 2.10 bits per heavy atom. The van der Waals surface area contributed by atoms with Gasteiger partial charge in [0.25, 0.3) is 10.7 Å². The summed E-state index contributed by atoms with van der Waals surface area (Å²) in [6.07, 6.45) is -1.89. The van der Waals surface area contributed by atoms with Gasteiger partial charge in [-0.1, -0.05) is 55.4 Å². The summed E-state index contributed by atoms with van der Waals surface area (Å²) in [6.45, 7) is 17.5. The second kappa shape index (κ2) is 12.5. The van der Waals surface area contributed by atoms with Crippen LogP contribution in [0.25, 0.3) is 0 Å². The number of fused-ring (bicyclic) bond motifs is 1. The van der Waals surface area contributed by atoms with Gasteiger partial charge in [-0.05, 0) is 34.4 Å². The molecule has 1 N–H and O–H groups in total. The van der Waals surface area contributed by atoms with Crippen molar-refractivity contribution in [2.75, 3.05) is 31.2 Å². The minimum atomic E-state index is -3.14. The van der Waals surface area contributed by atoms with E-state index in [1.54, 1.807) is 4.90 Å². The van der Waals surface area contributed by atoms with E-state index in [-0.39, 0.29) is 58.5 Å². The fourth-order valence-electron chi connectivity index (χ4n) is 6.19. The van der Waals surface area contributed by atoms with Crippen molar-refractivity contribution in [1.29, 1.82) is 0 Å². The maximum atomic E-state index is 13.0. The molecular formula is C26H45N3O9S2Si2. The first-order valence-electron chi connectivity index (χ1n) is 14.7. The number of rotatable bonds is 6. The summed E-state index contributed by atoms with van der Waals surface area (Å²) < 4.78 is 59.6. The van der Waals surface area contributed by atoms with E-state index in [9.17, 15) is 18.0 Å². The van der Waals surface area contributed by atoms with Crippen molar-refractivity contribution in [3.8, 4) is 0 Å². The minimum absolute atomic E-state index is 0.0292. The molecule has 4 heterocycles.